The van der Waals surface area contributed by atoms with Crippen molar-refractivity contribution in [1.29, 1.82) is 0 Å². The van der Waals surface area contributed by atoms with E-state index in [4.69, 9.17) is 0 Å². The molecule has 1 aromatic carbocycles. The van der Waals surface area contributed by atoms with E-state index in [-0.39, 0.29) is 5.92 Å². The second-order valence-corrected chi connectivity index (χ2v) is 5.10. The molecule has 1 aliphatic carbocycles. The predicted molar refractivity (Wildman–Crippen MR) is 63.9 cm³/mol. The lowest BCUT2D eigenvalue weighted by Crippen LogP contribution is -2.30. The maximum Gasteiger partial charge on any atom is 0.194 e. The molecule has 2 N–H and O–H groups in total. The lowest BCUT2D eigenvalue weighted by atomic mass is 9.82. The van der Waals surface area contributed by atoms with Gasteiger partial charge in [-0.3, -0.25) is 0 Å². The molecule has 106 valence electrons. The largest absolute Gasteiger partial charge is 0.390 e. The first-order chi connectivity index (χ1) is 9.02. The smallest absolute Gasteiger partial charge is 0.194 e. The van der Waals surface area contributed by atoms with Gasteiger partial charge in [0, 0.05) is 5.56 Å². The predicted octanol–water partition coefficient (Wildman–Crippen LogP) is 3.08. The Labute approximate surface area is 109 Å². The van der Waals surface area contributed by atoms with Crippen molar-refractivity contribution in [1.82, 2.24) is 0 Å². The van der Waals surface area contributed by atoms with E-state index in [1.807, 2.05) is 0 Å². The molecule has 19 heavy (non-hydrogen) atoms. The van der Waals surface area contributed by atoms with E-state index in [1.165, 1.54) is 0 Å². The van der Waals surface area contributed by atoms with Gasteiger partial charge in [-0.1, -0.05) is 25.3 Å². The molecule has 1 aromatic rings. The molecule has 0 amide bonds. The summed E-state index contributed by atoms with van der Waals surface area (Å²) in [5.41, 5.74) is -0.392. The average molecular weight is 274 g/mol. The lowest BCUT2D eigenvalue weighted by molar-refractivity contribution is -0.0304. The molecule has 0 aromatic heterocycles. The van der Waals surface area contributed by atoms with Gasteiger partial charge in [-0.05, 0) is 24.8 Å². The lowest BCUT2D eigenvalue weighted by Gasteiger charge is -2.30. The number of benzene rings is 1. The van der Waals surface area contributed by atoms with E-state index < -0.39 is 35.2 Å². The number of rotatable bonds is 3. The third-order valence-electron chi connectivity index (χ3n) is 3.84. The second kappa shape index (κ2) is 5.92. The highest BCUT2D eigenvalue weighted by atomic mass is 19.2. The molecule has 2 atom stereocenters. The van der Waals surface area contributed by atoms with Gasteiger partial charge < -0.3 is 10.2 Å². The quantitative estimate of drug-likeness (QED) is 0.832. The molecule has 2 nitrogen and oxygen atoms in total. The molecule has 2 rings (SSSR count). The van der Waals surface area contributed by atoms with Gasteiger partial charge in [-0.2, -0.15) is 0 Å². The summed E-state index contributed by atoms with van der Waals surface area (Å²) in [4.78, 5) is 0. The van der Waals surface area contributed by atoms with E-state index in [0.29, 0.717) is 0 Å². The van der Waals surface area contributed by atoms with Crippen molar-refractivity contribution in [3.05, 3.63) is 35.1 Å². The van der Waals surface area contributed by atoms with E-state index in [9.17, 15) is 23.4 Å². The van der Waals surface area contributed by atoms with Gasteiger partial charge in [0.15, 0.2) is 17.5 Å². The highest BCUT2D eigenvalue weighted by Gasteiger charge is 2.31. The molecule has 0 aliphatic heterocycles. The molecule has 2 unspecified atom stereocenters. The Morgan fingerprint density at radius 1 is 0.947 bits per heavy atom. The minimum atomic E-state index is -1.62. The summed E-state index contributed by atoms with van der Waals surface area (Å²) in [5, 5.41) is 20.0. The van der Waals surface area contributed by atoms with E-state index in [2.05, 4.69) is 0 Å². The number of hydrogen-bond acceptors (Lipinski definition) is 2. The third-order valence-corrected chi connectivity index (χ3v) is 3.84. The third kappa shape index (κ3) is 2.92. The Balaban J connectivity index is 2.18. The number of halogens is 3. The van der Waals surface area contributed by atoms with Gasteiger partial charge in [0.05, 0.1) is 6.10 Å². The fourth-order valence-electron chi connectivity index (χ4n) is 2.69. The van der Waals surface area contributed by atoms with Crippen LogP contribution in [0.5, 0.6) is 0 Å². The highest BCUT2D eigenvalue weighted by Crippen LogP contribution is 2.33. The number of aliphatic hydroxyl groups is 2. The van der Waals surface area contributed by atoms with Crippen LogP contribution in [0.3, 0.4) is 0 Å². The van der Waals surface area contributed by atoms with E-state index >= 15 is 0 Å². The zero-order chi connectivity index (χ0) is 14.0. The van der Waals surface area contributed by atoms with Crippen LogP contribution >= 0.6 is 0 Å². The SMILES string of the molecule is OC(c1ccc(F)c(F)c1F)C(O)C1CCCCC1. The molecule has 0 saturated heterocycles. The maximum absolute atomic E-state index is 13.6. The first kappa shape index (κ1) is 14.3. The van der Waals surface area contributed by atoms with Gasteiger partial charge in [-0.25, -0.2) is 13.2 Å². The molecule has 0 heterocycles. The highest BCUT2D eigenvalue weighted by molar-refractivity contribution is 5.23. The van der Waals surface area contributed by atoms with Crippen molar-refractivity contribution in [2.45, 2.75) is 44.3 Å². The van der Waals surface area contributed by atoms with Crippen molar-refractivity contribution in [3.8, 4) is 0 Å². The summed E-state index contributed by atoms with van der Waals surface area (Å²) < 4.78 is 39.5. The summed E-state index contributed by atoms with van der Waals surface area (Å²) in [6, 6.07) is 1.73. The van der Waals surface area contributed by atoms with Crippen molar-refractivity contribution >= 4 is 0 Å². The van der Waals surface area contributed by atoms with Crippen LogP contribution in [0.1, 0.15) is 43.8 Å². The van der Waals surface area contributed by atoms with Crippen LogP contribution in [-0.4, -0.2) is 16.3 Å². The second-order valence-electron chi connectivity index (χ2n) is 5.10. The molecule has 5 heteroatoms. The average Bonchev–Trinajstić information content (AvgIpc) is 2.44. The van der Waals surface area contributed by atoms with Crippen molar-refractivity contribution in [2.75, 3.05) is 0 Å². The molecule has 1 fully saturated rings. The summed E-state index contributed by atoms with van der Waals surface area (Å²) in [6.45, 7) is 0. The first-order valence-corrected chi connectivity index (χ1v) is 6.52. The molecule has 1 saturated carbocycles. The maximum atomic E-state index is 13.6. The van der Waals surface area contributed by atoms with Crippen LogP contribution in [0.25, 0.3) is 0 Å². The zero-order valence-electron chi connectivity index (χ0n) is 10.5. The molecule has 0 bridgehead atoms. The fraction of sp³-hybridized carbons (Fsp3) is 0.571. The minimum Gasteiger partial charge on any atom is -0.390 e. The van der Waals surface area contributed by atoms with Crippen LogP contribution in [0.15, 0.2) is 12.1 Å². The molecule has 1 aliphatic rings. The molecule has 0 spiro atoms. The Morgan fingerprint density at radius 2 is 1.58 bits per heavy atom. The van der Waals surface area contributed by atoms with Crippen molar-refractivity contribution in [2.24, 2.45) is 5.92 Å². The topological polar surface area (TPSA) is 40.5 Å². The standard InChI is InChI=1S/C14H17F3O2/c15-10-7-6-9(11(16)12(10)17)14(19)13(18)8-4-2-1-3-5-8/h6-8,13-14,18-19H,1-5H2. The van der Waals surface area contributed by atoms with Gasteiger partial charge in [0.1, 0.15) is 6.10 Å². The summed E-state index contributed by atoms with van der Waals surface area (Å²) in [5.74, 6) is -4.48. The Kier molecular flexibility index (Phi) is 4.47. The monoisotopic (exact) mass is 274 g/mol. The van der Waals surface area contributed by atoms with Crippen LogP contribution in [0.4, 0.5) is 13.2 Å². The van der Waals surface area contributed by atoms with Gasteiger partial charge in [-0.15, -0.1) is 0 Å². The molecular weight excluding hydrogens is 257 g/mol. The summed E-state index contributed by atoms with van der Waals surface area (Å²) in [6.07, 6.45) is 1.81. The van der Waals surface area contributed by atoms with E-state index in [0.717, 1.165) is 44.2 Å². The molecular formula is C14H17F3O2. The minimum absolute atomic E-state index is 0.128. The zero-order valence-corrected chi connectivity index (χ0v) is 10.5. The Hall–Kier alpha value is -1.07. The number of aliphatic hydroxyl groups excluding tert-OH is 2. The van der Waals surface area contributed by atoms with Gasteiger partial charge >= 0.3 is 0 Å². The van der Waals surface area contributed by atoms with Gasteiger partial charge in [0.25, 0.3) is 0 Å². The van der Waals surface area contributed by atoms with Gasteiger partial charge in [0.2, 0.25) is 0 Å². The number of hydrogen-bond donors (Lipinski definition) is 2. The first-order valence-electron chi connectivity index (χ1n) is 6.52. The Morgan fingerprint density at radius 3 is 2.21 bits per heavy atom. The van der Waals surface area contributed by atoms with Crippen LogP contribution in [0.2, 0.25) is 0 Å². The van der Waals surface area contributed by atoms with Crippen molar-refractivity contribution < 1.29 is 23.4 Å². The Bertz CT molecular complexity index is 445. The van der Waals surface area contributed by atoms with Crippen molar-refractivity contribution in [3.63, 3.8) is 0 Å². The van der Waals surface area contributed by atoms with E-state index in [1.54, 1.807) is 0 Å². The summed E-state index contributed by atoms with van der Waals surface area (Å²) in [7, 11) is 0. The normalized spacial score (nSPS) is 20.3. The molecule has 0 radical (unpaired) electrons. The van der Waals surface area contributed by atoms with Crippen LogP contribution in [-0.2, 0) is 0 Å². The van der Waals surface area contributed by atoms with Crippen LogP contribution in [0, 0.1) is 23.4 Å². The van der Waals surface area contributed by atoms with Crippen LogP contribution < -0.4 is 0 Å². The summed E-state index contributed by atoms with van der Waals surface area (Å²) >= 11 is 0. The fourth-order valence-corrected chi connectivity index (χ4v) is 2.69.